The van der Waals surface area contributed by atoms with Gasteiger partial charge in [0.05, 0.1) is 0 Å². The second kappa shape index (κ2) is 14.3. The molecule has 0 fully saturated rings. The first-order chi connectivity index (χ1) is 21.5. The van der Waals surface area contributed by atoms with Crippen LogP contribution in [0.1, 0.15) is 58.2 Å². The van der Waals surface area contributed by atoms with Gasteiger partial charge in [0, 0.05) is 0 Å². The molecule has 0 saturated carbocycles. The number of benzene rings is 6. The molecule has 0 radical (unpaired) electrons. The van der Waals surface area contributed by atoms with Crippen LogP contribution < -0.4 is 24.8 Å². The monoisotopic (exact) mass is 742 g/mol. The molecule has 0 N–H and O–H groups in total. The second-order valence-electron chi connectivity index (χ2n) is 14.8. The van der Waals surface area contributed by atoms with Crippen molar-refractivity contribution in [3.63, 3.8) is 0 Å². The molecule has 8 aromatic rings. The molecule has 0 aromatic heterocycles. The summed E-state index contributed by atoms with van der Waals surface area (Å²) in [5.74, 6) is 0. The first-order valence-electron chi connectivity index (χ1n) is 16.2. The predicted octanol–water partition coefficient (Wildman–Crippen LogP) is 7.15. The zero-order chi connectivity index (χ0) is 31.5. The third-order valence-electron chi connectivity index (χ3n) is 9.39. The van der Waals surface area contributed by atoms with Gasteiger partial charge in [0.15, 0.2) is 0 Å². The summed E-state index contributed by atoms with van der Waals surface area (Å²) in [4.78, 5) is 0. The van der Waals surface area contributed by atoms with Crippen LogP contribution in [0.25, 0.3) is 65.0 Å². The summed E-state index contributed by atoms with van der Waals surface area (Å²) in [7, 11) is 0. The number of hydrogen-bond acceptors (Lipinski definition) is 0. The molecule has 3 heteroatoms. The Kier molecular flexibility index (Phi) is 11.2. The van der Waals surface area contributed by atoms with Crippen LogP contribution in [0, 0.1) is 6.92 Å². The van der Waals surface area contributed by atoms with Gasteiger partial charge in [0.2, 0.25) is 0 Å². The van der Waals surface area contributed by atoms with Crippen LogP contribution in [0.15, 0.2) is 127 Å². The maximum atomic E-state index is 2.35. The zero-order valence-electron chi connectivity index (χ0n) is 28.9. The molecule has 0 aliphatic rings. The van der Waals surface area contributed by atoms with Crippen molar-refractivity contribution in [2.24, 2.45) is 0 Å². The van der Waals surface area contributed by atoms with Crippen LogP contribution >= 0.6 is 0 Å². The third-order valence-corrected chi connectivity index (χ3v) is 9.39. The molecule has 0 nitrogen and oxygen atoms in total. The van der Waals surface area contributed by atoms with Gasteiger partial charge >= 0.3 is 26.2 Å². The Morgan fingerprint density at radius 3 is 1.54 bits per heavy atom. The SMILES string of the molecule is CC(C)(C)c1ccc2c(c1)[cH-]c1cc(C(C)(C)C)ccc12.Cc1cc2c(-c3cc4ccccc4c4ccccc34)cccc2[cH-]1.[Cl-].[Cl-].[Zr+4]. The minimum atomic E-state index is 0. The molecule has 240 valence electrons. The molecule has 48 heavy (non-hydrogen) atoms. The first-order valence-corrected chi connectivity index (χ1v) is 16.2. The first kappa shape index (κ1) is 37.6. The van der Waals surface area contributed by atoms with Crippen LogP contribution in [0.2, 0.25) is 0 Å². The summed E-state index contributed by atoms with van der Waals surface area (Å²) in [6.45, 7) is 15.8. The predicted molar refractivity (Wildman–Crippen MR) is 199 cm³/mol. The van der Waals surface area contributed by atoms with Gasteiger partial charge in [-0.3, -0.25) is 0 Å². The van der Waals surface area contributed by atoms with Gasteiger partial charge in [-0.1, -0.05) is 144 Å². The molecule has 0 aliphatic carbocycles. The summed E-state index contributed by atoms with van der Waals surface area (Å²) in [5.41, 5.74) is 7.18. The molecule has 0 atom stereocenters. The van der Waals surface area contributed by atoms with Crippen molar-refractivity contribution >= 4 is 53.9 Å². The van der Waals surface area contributed by atoms with Crippen molar-refractivity contribution in [2.45, 2.75) is 59.3 Å². The number of hydrogen-bond donors (Lipinski definition) is 0. The van der Waals surface area contributed by atoms with Crippen LogP contribution in [-0.2, 0) is 37.0 Å². The van der Waals surface area contributed by atoms with E-state index in [0.29, 0.717) is 0 Å². The molecule has 0 aliphatic heterocycles. The van der Waals surface area contributed by atoms with Crippen molar-refractivity contribution in [3.8, 4) is 11.1 Å². The van der Waals surface area contributed by atoms with Gasteiger partial charge < -0.3 is 24.8 Å². The van der Waals surface area contributed by atoms with Crippen molar-refractivity contribution in [1.82, 2.24) is 0 Å². The molecule has 0 heterocycles. The Balaban J connectivity index is 0.000000206. The number of halogens is 2. The quantitative estimate of drug-likeness (QED) is 0.124. The molecule has 8 aromatic carbocycles. The minimum absolute atomic E-state index is 0. The standard InChI is InChI=1S/C24H17.C21H25.2ClH.Zr/c1-16-13-17-8-6-12-22(23(17)14-16)24-15-18-7-2-3-9-19(18)20-10-4-5-11-21(20)24;1-20(2,3)16-7-9-18-14(12-16)11-15-13-17(21(4,5)6)8-10-19(15)18;;;/h2-15H,1H3;7-13H,1-6H3;2*1H;/q2*-1;;;+4/p-2. The van der Waals surface area contributed by atoms with Gasteiger partial charge in [-0.05, 0) is 44.0 Å². The molecular weight excluding hydrogens is 703 g/mol. The van der Waals surface area contributed by atoms with Gasteiger partial charge in [0.1, 0.15) is 0 Å². The van der Waals surface area contributed by atoms with E-state index in [1.54, 1.807) is 0 Å². The molecule has 8 rings (SSSR count). The Hall–Kier alpha value is -3.22. The zero-order valence-corrected chi connectivity index (χ0v) is 32.9. The fraction of sp³-hybridized carbons (Fsp3) is 0.200. The number of rotatable bonds is 1. The Morgan fingerprint density at radius 1 is 0.417 bits per heavy atom. The normalized spacial score (nSPS) is 11.6. The summed E-state index contributed by atoms with van der Waals surface area (Å²) in [6.07, 6.45) is 0. The molecule has 0 saturated heterocycles. The molecule has 0 unspecified atom stereocenters. The van der Waals surface area contributed by atoms with Crippen molar-refractivity contribution in [2.75, 3.05) is 0 Å². The molecule has 0 bridgehead atoms. The van der Waals surface area contributed by atoms with E-state index in [2.05, 4.69) is 176 Å². The summed E-state index contributed by atoms with van der Waals surface area (Å²) >= 11 is 0. The molecule has 0 spiro atoms. The second-order valence-corrected chi connectivity index (χ2v) is 14.8. The van der Waals surface area contributed by atoms with E-state index in [0.717, 1.165) is 0 Å². The van der Waals surface area contributed by atoms with E-state index in [-0.39, 0.29) is 61.8 Å². The number of aryl methyl sites for hydroxylation is 1. The fourth-order valence-corrected chi connectivity index (χ4v) is 6.85. The average Bonchev–Trinajstić information content (AvgIpc) is 3.58. The van der Waals surface area contributed by atoms with Crippen LogP contribution in [0.5, 0.6) is 0 Å². The van der Waals surface area contributed by atoms with Crippen molar-refractivity contribution in [3.05, 3.63) is 144 Å². The Labute approximate surface area is 317 Å². The molecule has 0 amide bonds. The van der Waals surface area contributed by atoms with Crippen LogP contribution in [0.4, 0.5) is 0 Å². The third kappa shape index (κ3) is 7.07. The summed E-state index contributed by atoms with van der Waals surface area (Å²) in [6, 6.07) is 47.1. The van der Waals surface area contributed by atoms with E-state index in [1.807, 2.05) is 0 Å². The van der Waals surface area contributed by atoms with Gasteiger partial charge in [0.25, 0.3) is 0 Å². The molecular formula is C45H42Cl2Zr. The minimum Gasteiger partial charge on any atom is -1.00 e. The Bertz CT molecular complexity index is 2290. The number of fused-ring (bicyclic) bond motifs is 7. The van der Waals surface area contributed by atoms with Crippen molar-refractivity contribution < 1.29 is 51.0 Å². The largest absolute Gasteiger partial charge is 4.00 e. The van der Waals surface area contributed by atoms with E-state index in [9.17, 15) is 0 Å². The smallest absolute Gasteiger partial charge is 1.00 e. The summed E-state index contributed by atoms with van der Waals surface area (Å²) in [5, 5.41) is 13.4. The van der Waals surface area contributed by atoms with Gasteiger partial charge in [-0.15, -0.1) is 74.3 Å². The fourth-order valence-electron chi connectivity index (χ4n) is 6.85. The van der Waals surface area contributed by atoms with E-state index in [4.69, 9.17) is 0 Å². The maximum Gasteiger partial charge on any atom is 4.00 e. The summed E-state index contributed by atoms with van der Waals surface area (Å²) < 4.78 is 0. The van der Waals surface area contributed by atoms with E-state index < -0.39 is 0 Å². The van der Waals surface area contributed by atoms with Gasteiger partial charge in [-0.25, -0.2) is 0 Å². The van der Waals surface area contributed by atoms with Crippen LogP contribution in [-0.4, -0.2) is 0 Å². The van der Waals surface area contributed by atoms with Crippen molar-refractivity contribution in [1.29, 1.82) is 0 Å². The van der Waals surface area contributed by atoms with E-state index >= 15 is 0 Å². The average molecular weight is 745 g/mol. The van der Waals surface area contributed by atoms with E-state index in [1.165, 1.54) is 81.7 Å². The Morgan fingerprint density at radius 2 is 0.958 bits per heavy atom. The topological polar surface area (TPSA) is 0 Å². The van der Waals surface area contributed by atoms with Crippen LogP contribution in [0.3, 0.4) is 0 Å². The van der Waals surface area contributed by atoms with Gasteiger partial charge in [-0.2, -0.15) is 6.07 Å². The maximum absolute atomic E-state index is 2.35.